The van der Waals surface area contributed by atoms with E-state index in [9.17, 15) is 18.0 Å². The van der Waals surface area contributed by atoms with Crippen LogP contribution in [-0.4, -0.2) is 64.1 Å². The molecule has 12 heteroatoms. The van der Waals surface area contributed by atoms with Crippen LogP contribution in [0.15, 0.2) is 12.1 Å². The summed E-state index contributed by atoms with van der Waals surface area (Å²) in [6.45, 7) is 4.38. The van der Waals surface area contributed by atoms with E-state index in [0.717, 1.165) is 5.69 Å². The molecule has 0 aliphatic carbocycles. The van der Waals surface area contributed by atoms with E-state index in [1.807, 2.05) is 6.92 Å². The number of ether oxygens (including phenoxy) is 1. The van der Waals surface area contributed by atoms with Gasteiger partial charge in [-0.15, -0.1) is 24.8 Å². The molecular weight excluding hydrogens is 434 g/mol. The normalized spacial score (nSPS) is 22.6. The van der Waals surface area contributed by atoms with Crippen molar-refractivity contribution in [1.29, 1.82) is 0 Å². The van der Waals surface area contributed by atoms with Crippen molar-refractivity contribution in [2.75, 3.05) is 26.2 Å². The zero-order valence-electron chi connectivity index (χ0n) is 15.8. The first-order valence-electron chi connectivity index (χ1n) is 8.79. The number of hydrogen-bond donors (Lipinski definition) is 1. The predicted molar refractivity (Wildman–Crippen MR) is 105 cm³/mol. The quantitative estimate of drug-likeness (QED) is 0.753. The Bertz CT molecular complexity index is 888. The van der Waals surface area contributed by atoms with Crippen LogP contribution in [0.4, 0.5) is 13.2 Å². The van der Waals surface area contributed by atoms with Crippen LogP contribution >= 0.6 is 24.8 Å². The maximum Gasteiger partial charge on any atom is 0.418 e. The lowest BCUT2D eigenvalue weighted by Crippen LogP contribution is -2.55. The van der Waals surface area contributed by atoms with Gasteiger partial charge in [0.1, 0.15) is 5.52 Å². The fraction of sp³-hybridized carbons (Fsp3) is 0.588. The Hall–Kier alpha value is -1.62. The van der Waals surface area contributed by atoms with Gasteiger partial charge in [-0.05, 0) is 19.1 Å². The molecular formula is C17H22Cl2F3N5O2. The molecule has 4 heterocycles. The summed E-state index contributed by atoms with van der Waals surface area (Å²) < 4.78 is 47.4. The molecule has 7 nitrogen and oxygen atoms in total. The fourth-order valence-corrected chi connectivity index (χ4v) is 3.63. The summed E-state index contributed by atoms with van der Waals surface area (Å²) in [5.41, 5.74) is 2.46. The van der Waals surface area contributed by atoms with Crippen molar-refractivity contribution >= 4 is 41.8 Å². The molecule has 0 radical (unpaired) electrons. The van der Waals surface area contributed by atoms with Gasteiger partial charge in [0.2, 0.25) is 5.91 Å². The highest BCUT2D eigenvalue weighted by Crippen LogP contribution is 2.38. The molecule has 2 saturated heterocycles. The van der Waals surface area contributed by atoms with Crippen molar-refractivity contribution in [2.45, 2.75) is 38.2 Å². The summed E-state index contributed by atoms with van der Waals surface area (Å²) in [6.07, 6.45) is -8.18. The lowest BCUT2D eigenvalue weighted by atomic mass is 9.98. The Kier molecular flexibility index (Phi) is 7.04. The van der Waals surface area contributed by atoms with Crippen molar-refractivity contribution in [3.8, 4) is 0 Å². The number of morpholine rings is 1. The van der Waals surface area contributed by atoms with Crippen molar-refractivity contribution in [1.82, 2.24) is 25.0 Å². The van der Waals surface area contributed by atoms with Crippen molar-refractivity contribution < 1.29 is 22.7 Å². The van der Waals surface area contributed by atoms with Gasteiger partial charge in [0.05, 0.1) is 17.8 Å². The minimum atomic E-state index is -4.63. The third kappa shape index (κ3) is 4.16. The van der Waals surface area contributed by atoms with E-state index >= 15 is 0 Å². The van der Waals surface area contributed by atoms with Crippen molar-refractivity contribution in [3.05, 3.63) is 23.5 Å². The van der Waals surface area contributed by atoms with Crippen LogP contribution in [0.1, 0.15) is 30.4 Å². The third-order valence-corrected chi connectivity index (χ3v) is 5.08. The number of aromatic nitrogens is 3. The molecule has 1 amide bonds. The van der Waals surface area contributed by atoms with Crippen LogP contribution in [0, 0.1) is 6.92 Å². The zero-order valence-corrected chi connectivity index (χ0v) is 17.4. The first-order valence-corrected chi connectivity index (χ1v) is 8.79. The Balaban J connectivity index is 0.00000150. The molecule has 0 saturated carbocycles. The maximum atomic E-state index is 13.7. The molecule has 2 aliphatic heterocycles. The molecule has 1 unspecified atom stereocenters. The third-order valence-electron chi connectivity index (χ3n) is 5.08. The first kappa shape index (κ1) is 23.7. The molecule has 0 bridgehead atoms. The van der Waals surface area contributed by atoms with Crippen molar-refractivity contribution in [3.63, 3.8) is 0 Å². The molecule has 4 rings (SSSR count). The summed E-state index contributed by atoms with van der Waals surface area (Å²) in [5, 5.41) is 7.65. The summed E-state index contributed by atoms with van der Waals surface area (Å²) >= 11 is 0. The van der Waals surface area contributed by atoms with Crippen LogP contribution in [0.25, 0.3) is 11.0 Å². The van der Waals surface area contributed by atoms with Crippen molar-refractivity contribution in [2.24, 2.45) is 0 Å². The molecule has 2 aromatic heterocycles. The Morgan fingerprint density at radius 1 is 1.28 bits per heavy atom. The fourth-order valence-electron chi connectivity index (χ4n) is 3.63. The molecule has 29 heavy (non-hydrogen) atoms. The highest BCUT2D eigenvalue weighted by Gasteiger charge is 2.52. The molecule has 2 atom stereocenters. The Labute approximate surface area is 177 Å². The van der Waals surface area contributed by atoms with E-state index in [1.54, 1.807) is 12.1 Å². The van der Waals surface area contributed by atoms with E-state index in [1.165, 1.54) is 16.5 Å². The second-order valence-electron chi connectivity index (χ2n) is 6.96. The van der Waals surface area contributed by atoms with Gasteiger partial charge in [-0.3, -0.25) is 4.79 Å². The summed E-state index contributed by atoms with van der Waals surface area (Å²) in [4.78, 5) is 17.8. The summed E-state index contributed by atoms with van der Waals surface area (Å²) in [6, 6.07) is 3.44. The minimum Gasteiger partial charge on any atom is -0.363 e. The number of nitrogens with one attached hydrogen (secondary N) is 1. The zero-order chi connectivity index (χ0) is 19.3. The summed E-state index contributed by atoms with van der Waals surface area (Å²) in [5.74, 6) is -0.365. The number of halogens is 5. The van der Waals surface area contributed by atoms with Crippen LogP contribution in [0.3, 0.4) is 0 Å². The number of rotatable bonds is 2. The van der Waals surface area contributed by atoms with E-state index in [0.29, 0.717) is 29.8 Å². The first-order chi connectivity index (χ1) is 12.8. The number of aryl methyl sites for hydroxylation is 1. The SMILES string of the molecule is CC(=O)N1CCO[C@@H](C(F)(F)F)C1n1nc(C2CNC2)c2nc(C)ccc21.Cl.Cl. The molecule has 0 spiro atoms. The number of nitrogens with zero attached hydrogens (tertiary/aromatic N) is 4. The number of hydrogen-bond acceptors (Lipinski definition) is 5. The van der Waals surface area contributed by atoms with Gasteiger partial charge in [-0.2, -0.15) is 18.3 Å². The lowest BCUT2D eigenvalue weighted by Gasteiger charge is -2.41. The summed E-state index contributed by atoms with van der Waals surface area (Å²) in [7, 11) is 0. The molecule has 162 valence electrons. The average molecular weight is 456 g/mol. The standard InChI is InChI=1S/C17H20F3N5O2.2ClH/c1-9-3-4-12-14(22-9)13(11-7-21-8-11)23-25(12)16-15(17(18,19)20)27-6-5-24(16)10(2)26;;/h3-4,11,15-16,21H,5-8H2,1-2H3;2*1H/t15-,16?;;/m1../s1. The van der Waals surface area contributed by atoms with Gasteiger partial charge in [0.15, 0.2) is 12.3 Å². The van der Waals surface area contributed by atoms with Gasteiger partial charge in [0.25, 0.3) is 0 Å². The van der Waals surface area contributed by atoms with E-state index < -0.39 is 24.4 Å². The monoisotopic (exact) mass is 455 g/mol. The van der Waals surface area contributed by atoms with Gasteiger partial charge >= 0.3 is 6.18 Å². The average Bonchev–Trinajstić information content (AvgIpc) is 2.90. The number of carbonyl (C=O) groups is 1. The number of amides is 1. The Morgan fingerprint density at radius 2 is 1.97 bits per heavy atom. The largest absolute Gasteiger partial charge is 0.418 e. The van der Waals surface area contributed by atoms with Gasteiger partial charge < -0.3 is 15.0 Å². The van der Waals surface area contributed by atoms with E-state index in [4.69, 9.17) is 4.74 Å². The number of fused-ring (bicyclic) bond motifs is 1. The van der Waals surface area contributed by atoms with Crippen LogP contribution in [-0.2, 0) is 9.53 Å². The van der Waals surface area contributed by atoms with Gasteiger partial charge in [-0.1, -0.05) is 0 Å². The van der Waals surface area contributed by atoms with Crippen LogP contribution in [0.5, 0.6) is 0 Å². The minimum absolute atomic E-state index is 0. The van der Waals surface area contributed by atoms with E-state index in [2.05, 4.69) is 15.4 Å². The van der Waals surface area contributed by atoms with E-state index in [-0.39, 0.29) is 43.9 Å². The second-order valence-corrected chi connectivity index (χ2v) is 6.96. The molecule has 1 N–H and O–H groups in total. The molecule has 2 fully saturated rings. The Morgan fingerprint density at radius 3 is 2.52 bits per heavy atom. The molecule has 2 aliphatic rings. The highest BCUT2D eigenvalue weighted by molar-refractivity contribution is 5.85. The highest BCUT2D eigenvalue weighted by atomic mass is 35.5. The second kappa shape index (κ2) is 8.63. The van der Waals surface area contributed by atoms with Gasteiger partial charge in [-0.25, -0.2) is 9.67 Å². The number of alkyl halides is 3. The number of carbonyl (C=O) groups excluding carboxylic acids is 1. The van der Waals surface area contributed by atoms with Gasteiger partial charge in [0, 0.05) is 38.2 Å². The smallest absolute Gasteiger partial charge is 0.363 e. The van der Waals surface area contributed by atoms with Crippen LogP contribution < -0.4 is 5.32 Å². The molecule has 0 aromatic carbocycles. The molecule has 2 aromatic rings. The predicted octanol–water partition coefficient (Wildman–Crippen LogP) is 2.58. The number of pyridine rings is 1. The van der Waals surface area contributed by atoms with Crippen LogP contribution in [0.2, 0.25) is 0 Å². The maximum absolute atomic E-state index is 13.7. The lowest BCUT2D eigenvalue weighted by molar-refractivity contribution is -0.264. The topological polar surface area (TPSA) is 72.3 Å².